The molecular formula is C20H27N3O5. The number of hydrogen-bond donors (Lipinski definition) is 2. The first-order chi connectivity index (χ1) is 13.5. The molecule has 4 rings (SSSR count). The summed E-state index contributed by atoms with van der Waals surface area (Å²) in [7, 11) is 0. The lowest BCUT2D eigenvalue weighted by atomic mass is 9.84. The second-order valence-corrected chi connectivity index (χ2v) is 8.35. The smallest absolute Gasteiger partial charge is 0.317 e. The number of nitrogens with one attached hydrogen (secondary N) is 1. The Morgan fingerprint density at radius 3 is 2.75 bits per heavy atom. The van der Waals surface area contributed by atoms with Crippen molar-refractivity contribution in [3.8, 4) is 0 Å². The van der Waals surface area contributed by atoms with E-state index in [0.717, 1.165) is 19.4 Å². The van der Waals surface area contributed by atoms with E-state index in [4.69, 9.17) is 9.52 Å². The number of hydrogen-bond acceptors (Lipinski definition) is 5. The average molecular weight is 389 g/mol. The number of rotatable bonds is 9. The van der Waals surface area contributed by atoms with Crippen LogP contribution in [0.1, 0.15) is 37.9 Å². The summed E-state index contributed by atoms with van der Waals surface area (Å²) < 4.78 is 5.28. The van der Waals surface area contributed by atoms with Gasteiger partial charge in [0, 0.05) is 31.6 Å². The van der Waals surface area contributed by atoms with E-state index in [-0.39, 0.29) is 42.8 Å². The van der Waals surface area contributed by atoms with E-state index >= 15 is 0 Å². The highest BCUT2D eigenvalue weighted by Crippen LogP contribution is 2.34. The van der Waals surface area contributed by atoms with Gasteiger partial charge in [0.2, 0.25) is 11.8 Å². The van der Waals surface area contributed by atoms with Crippen molar-refractivity contribution in [1.29, 1.82) is 0 Å². The fourth-order valence-corrected chi connectivity index (χ4v) is 4.16. The Bertz CT molecular complexity index is 724. The van der Waals surface area contributed by atoms with Crippen molar-refractivity contribution in [3.63, 3.8) is 0 Å². The summed E-state index contributed by atoms with van der Waals surface area (Å²) in [6.45, 7) is 1.72. The second-order valence-electron chi connectivity index (χ2n) is 8.35. The van der Waals surface area contributed by atoms with Gasteiger partial charge in [-0.15, -0.1) is 0 Å². The summed E-state index contributed by atoms with van der Waals surface area (Å²) in [4.78, 5) is 39.6. The quantitative estimate of drug-likeness (QED) is 0.655. The molecule has 0 bridgehead atoms. The van der Waals surface area contributed by atoms with Gasteiger partial charge in [0.1, 0.15) is 5.76 Å². The van der Waals surface area contributed by atoms with Crippen LogP contribution in [-0.2, 0) is 20.9 Å². The zero-order valence-corrected chi connectivity index (χ0v) is 15.9. The first-order valence-corrected chi connectivity index (χ1v) is 10.0. The third-order valence-electron chi connectivity index (χ3n) is 6.02. The van der Waals surface area contributed by atoms with Crippen LogP contribution in [0.15, 0.2) is 22.8 Å². The SMILES string of the molecule is O=C(O)CN(CC1CC1)C1CC(NC(=O)C2CC(=O)N(Cc3ccco3)C2)C1. The number of nitrogens with zero attached hydrogens (tertiary/aromatic N) is 2. The highest BCUT2D eigenvalue weighted by Gasteiger charge is 2.40. The van der Waals surface area contributed by atoms with Crippen molar-refractivity contribution < 1.29 is 23.9 Å². The Kier molecular flexibility index (Phi) is 5.39. The van der Waals surface area contributed by atoms with Gasteiger partial charge in [0.05, 0.1) is 25.3 Å². The number of carboxylic acid groups (broad SMARTS) is 1. The molecule has 1 atom stereocenters. The number of carbonyl (C=O) groups is 3. The van der Waals surface area contributed by atoms with E-state index in [1.54, 1.807) is 17.2 Å². The lowest BCUT2D eigenvalue weighted by Gasteiger charge is -2.43. The first kappa shape index (κ1) is 19.0. The highest BCUT2D eigenvalue weighted by atomic mass is 16.4. The summed E-state index contributed by atoms with van der Waals surface area (Å²) in [5, 5.41) is 12.2. The molecule has 0 radical (unpaired) electrons. The topological polar surface area (TPSA) is 103 Å². The van der Waals surface area contributed by atoms with Crippen LogP contribution < -0.4 is 5.32 Å². The number of carboxylic acids is 1. The maximum atomic E-state index is 12.6. The van der Waals surface area contributed by atoms with E-state index in [0.29, 0.717) is 24.8 Å². The average Bonchev–Trinajstić information content (AvgIpc) is 3.12. The van der Waals surface area contributed by atoms with Crippen LogP contribution in [-0.4, -0.2) is 64.4 Å². The van der Waals surface area contributed by atoms with E-state index in [1.165, 1.54) is 12.8 Å². The van der Waals surface area contributed by atoms with Crippen LogP contribution in [0, 0.1) is 11.8 Å². The molecule has 3 aliphatic rings. The molecule has 152 valence electrons. The molecule has 8 nitrogen and oxygen atoms in total. The third kappa shape index (κ3) is 4.55. The van der Waals surface area contributed by atoms with Gasteiger partial charge < -0.3 is 19.7 Å². The predicted molar refractivity (Wildman–Crippen MR) is 99.1 cm³/mol. The molecule has 0 spiro atoms. The van der Waals surface area contributed by atoms with E-state index in [1.807, 2.05) is 11.0 Å². The molecule has 2 aliphatic carbocycles. The Morgan fingerprint density at radius 2 is 2.11 bits per heavy atom. The van der Waals surface area contributed by atoms with Gasteiger partial charge in [-0.05, 0) is 43.7 Å². The van der Waals surface area contributed by atoms with E-state index in [9.17, 15) is 14.4 Å². The molecule has 2 N–H and O–H groups in total. The molecule has 28 heavy (non-hydrogen) atoms. The molecule has 0 aromatic carbocycles. The van der Waals surface area contributed by atoms with E-state index < -0.39 is 5.97 Å². The molecule has 2 heterocycles. The molecule has 2 amide bonds. The summed E-state index contributed by atoms with van der Waals surface area (Å²) in [6, 6.07) is 3.90. The monoisotopic (exact) mass is 389 g/mol. The zero-order valence-electron chi connectivity index (χ0n) is 15.9. The lowest BCUT2D eigenvalue weighted by Crippen LogP contribution is -2.56. The summed E-state index contributed by atoms with van der Waals surface area (Å²) in [5.41, 5.74) is 0. The van der Waals surface area contributed by atoms with Crippen molar-refractivity contribution in [2.75, 3.05) is 19.6 Å². The Labute approximate surface area is 163 Å². The summed E-state index contributed by atoms with van der Waals surface area (Å²) >= 11 is 0. The fourth-order valence-electron chi connectivity index (χ4n) is 4.16. The fraction of sp³-hybridized carbons (Fsp3) is 0.650. The molecule has 1 aliphatic heterocycles. The minimum absolute atomic E-state index is 0.0277. The van der Waals surface area contributed by atoms with Crippen molar-refractivity contribution in [3.05, 3.63) is 24.2 Å². The maximum absolute atomic E-state index is 12.6. The number of aliphatic carboxylic acids is 1. The standard InChI is InChI=1S/C20H27N3O5/c24-18-6-14(10-23(18)11-17-2-1-5-28-17)20(27)21-15-7-16(8-15)22(12-19(25)26)9-13-3-4-13/h1-2,5,13-16H,3-4,6-12H2,(H,21,27)(H,25,26). The van der Waals surface area contributed by atoms with Gasteiger partial charge in [-0.1, -0.05) is 0 Å². The number of furan rings is 1. The molecule has 1 aromatic rings. The minimum Gasteiger partial charge on any atom is -0.480 e. The largest absolute Gasteiger partial charge is 0.480 e. The van der Waals surface area contributed by atoms with Crippen LogP contribution >= 0.6 is 0 Å². The molecule has 2 saturated carbocycles. The zero-order chi connectivity index (χ0) is 19.7. The highest BCUT2D eigenvalue weighted by molar-refractivity contribution is 5.89. The number of likely N-dealkylation sites (tertiary alicyclic amines) is 1. The number of amides is 2. The second kappa shape index (κ2) is 7.95. The Morgan fingerprint density at radius 1 is 1.32 bits per heavy atom. The van der Waals surface area contributed by atoms with Crippen molar-refractivity contribution in [1.82, 2.24) is 15.1 Å². The lowest BCUT2D eigenvalue weighted by molar-refractivity contribution is -0.140. The minimum atomic E-state index is -0.797. The normalized spacial score (nSPS) is 27.1. The van der Waals surface area contributed by atoms with Gasteiger partial charge in [-0.25, -0.2) is 0 Å². The van der Waals surface area contributed by atoms with Crippen molar-refractivity contribution in [2.45, 2.75) is 50.7 Å². The van der Waals surface area contributed by atoms with Crippen molar-refractivity contribution in [2.24, 2.45) is 11.8 Å². The molecule has 1 aromatic heterocycles. The molecule has 1 unspecified atom stereocenters. The van der Waals surface area contributed by atoms with Gasteiger partial charge in [0.25, 0.3) is 0 Å². The summed E-state index contributed by atoms with van der Waals surface area (Å²) in [5.74, 6) is 0.117. The molecule has 3 fully saturated rings. The van der Waals surface area contributed by atoms with Gasteiger partial charge >= 0.3 is 5.97 Å². The Balaban J connectivity index is 1.22. The maximum Gasteiger partial charge on any atom is 0.317 e. The van der Waals surface area contributed by atoms with Gasteiger partial charge in [0.15, 0.2) is 0 Å². The van der Waals surface area contributed by atoms with Gasteiger partial charge in [-0.3, -0.25) is 19.3 Å². The number of carbonyl (C=O) groups excluding carboxylic acids is 2. The van der Waals surface area contributed by atoms with Crippen LogP contribution in [0.4, 0.5) is 0 Å². The first-order valence-electron chi connectivity index (χ1n) is 10.0. The third-order valence-corrected chi connectivity index (χ3v) is 6.02. The summed E-state index contributed by atoms with van der Waals surface area (Å²) in [6.07, 6.45) is 5.74. The van der Waals surface area contributed by atoms with Crippen LogP contribution in [0.2, 0.25) is 0 Å². The van der Waals surface area contributed by atoms with Crippen LogP contribution in [0.5, 0.6) is 0 Å². The Hall–Kier alpha value is -2.35. The van der Waals surface area contributed by atoms with Gasteiger partial charge in [-0.2, -0.15) is 0 Å². The van der Waals surface area contributed by atoms with Crippen LogP contribution in [0.3, 0.4) is 0 Å². The molecule has 1 saturated heterocycles. The van der Waals surface area contributed by atoms with E-state index in [2.05, 4.69) is 5.32 Å². The molecule has 8 heteroatoms. The van der Waals surface area contributed by atoms with Crippen molar-refractivity contribution >= 4 is 17.8 Å². The van der Waals surface area contributed by atoms with Crippen LogP contribution in [0.25, 0.3) is 0 Å². The predicted octanol–water partition coefficient (Wildman–Crippen LogP) is 1.07. The molecular weight excluding hydrogens is 362 g/mol.